The SMILES string of the molecule is CCN1CCC(C(=O)c2ccc(F)cc2)CC1.Cc1ccnc(C(=O)N2CCCC2)c1. The number of benzene rings is 1. The number of nitrogens with zero attached hydrogens (tertiary/aromatic N) is 3. The van der Waals surface area contributed by atoms with Crippen LogP contribution in [0.2, 0.25) is 0 Å². The van der Waals surface area contributed by atoms with Crippen LogP contribution in [0.15, 0.2) is 42.6 Å². The van der Waals surface area contributed by atoms with Gasteiger partial charge in [0.05, 0.1) is 0 Å². The Bertz CT molecular complexity index is 871. The number of amides is 1. The van der Waals surface area contributed by atoms with Crippen molar-refractivity contribution in [3.05, 3.63) is 65.2 Å². The standard InChI is InChI=1S/C14H18FNO.C11H14N2O/c1-2-16-9-7-12(8-10-16)14(17)11-3-5-13(15)6-4-11;1-9-4-5-12-10(8-9)11(14)13-6-2-3-7-13/h3-6,12H,2,7-10H2,1H3;4-5,8H,2-3,6-7H2,1H3. The third kappa shape index (κ3) is 6.44. The first-order valence-electron chi connectivity index (χ1n) is 11.2. The van der Waals surface area contributed by atoms with E-state index in [1.165, 1.54) is 12.1 Å². The lowest BCUT2D eigenvalue weighted by Gasteiger charge is -2.30. The van der Waals surface area contributed by atoms with E-state index >= 15 is 0 Å². The second kappa shape index (κ2) is 11.1. The van der Waals surface area contributed by atoms with Crippen molar-refractivity contribution in [3.63, 3.8) is 0 Å². The fourth-order valence-corrected chi connectivity index (χ4v) is 4.10. The van der Waals surface area contributed by atoms with Gasteiger partial charge in [-0.05, 0) is 94.2 Å². The van der Waals surface area contributed by atoms with E-state index in [9.17, 15) is 14.0 Å². The summed E-state index contributed by atoms with van der Waals surface area (Å²) in [5.41, 5.74) is 2.30. The van der Waals surface area contributed by atoms with Crippen LogP contribution in [0.3, 0.4) is 0 Å². The Balaban J connectivity index is 0.000000179. The zero-order chi connectivity index (χ0) is 22.2. The maximum absolute atomic E-state index is 12.8. The minimum absolute atomic E-state index is 0.0752. The highest BCUT2D eigenvalue weighted by Crippen LogP contribution is 2.21. The number of likely N-dealkylation sites (tertiary alicyclic amines) is 2. The van der Waals surface area contributed by atoms with Gasteiger partial charge in [-0.1, -0.05) is 6.92 Å². The normalized spacial score (nSPS) is 17.2. The number of piperidine rings is 1. The Morgan fingerprint density at radius 2 is 1.68 bits per heavy atom. The van der Waals surface area contributed by atoms with Gasteiger partial charge in [-0.15, -0.1) is 0 Å². The van der Waals surface area contributed by atoms with E-state index in [0.717, 1.165) is 64.0 Å². The van der Waals surface area contributed by atoms with Crippen LogP contribution >= 0.6 is 0 Å². The molecule has 1 aromatic carbocycles. The quantitative estimate of drug-likeness (QED) is 0.683. The van der Waals surface area contributed by atoms with E-state index in [1.807, 2.05) is 24.0 Å². The molecule has 0 N–H and O–H groups in total. The molecule has 6 heteroatoms. The van der Waals surface area contributed by atoms with E-state index < -0.39 is 0 Å². The van der Waals surface area contributed by atoms with Gasteiger partial charge in [-0.3, -0.25) is 14.6 Å². The topological polar surface area (TPSA) is 53.5 Å². The van der Waals surface area contributed by atoms with Gasteiger partial charge in [0.25, 0.3) is 5.91 Å². The second-order valence-electron chi connectivity index (χ2n) is 8.30. The molecule has 1 aromatic heterocycles. The van der Waals surface area contributed by atoms with E-state index in [0.29, 0.717) is 11.3 Å². The number of hydrogen-bond donors (Lipinski definition) is 0. The molecule has 31 heavy (non-hydrogen) atoms. The van der Waals surface area contributed by atoms with Gasteiger partial charge in [0.15, 0.2) is 5.78 Å². The number of carbonyl (C=O) groups excluding carboxylic acids is 2. The highest BCUT2D eigenvalue weighted by molar-refractivity contribution is 5.97. The van der Waals surface area contributed by atoms with Crippen LogP contribution in [-0.4, -0.2) is 59.2 Å². The molecule has 2 aliphatic heterocycles. The van der Waals surface area contributed by atoms with E-state index in [2.05, 4.69) is 16.8 Å². The summed E-state index contributed by atoms with van der Waals surface area (Å²) in [4.78, 5) is 32.4. The number of ketones is 1. The first-order chi connectivity index (χ1) is 15.0. The molecule has 1 amide bonds. The summed E-state index contributed by atoms with van der Waals surface area (Å²) in [5, 5.41) is 0. The van der Waals surface area contributed by atoms with Crippen LogP contribution in [0, 0.1) is 18.7 Å². The van der Waals surface area contributed by atoms with Crippen molar-refractivity contribution in [2.24, 2.45) is 5.92 Å². The summed E-state index contributed by atoms with van der Waals surface area (Å²) in [7, 11) is 0. The van der Waals surface area contributed by atoms with Crippen LogP contribution in [0.1, 0.15) is 59.0 Å². The molecule has 0 radical (unpaired) electrons. The average Bonchev–Trinajstić information content (AvgIpc) is 3.34. The number of aromatic nitrogens is 1. The third-order valence-electron chi connectivity index (χ3n) is 6.06. The highest BCUT2D eigenvalue weighted by Gasteiger charge is 2.25. The Labute approximate surface area is 184 Å². The predicted octanol–water partition coefficient (Wildman–Crippen LogP) is 4.37. The molecule has 4 rings (SSSR count). The van der Waals surface area contributed by atoms with Crippen molar-refractivity contribution in [1.29, 1.82) is 0 Å². The molecule has 2 aliphatic rings. The van der Waals surface area contributed by atoms with Gasteiger partial charge < -0.3 is 9.80 Å². The Kier molecular flexibility index (Phi) is 8.29. The fraction of sp³-hybridized carbons (Fsp3) is 0.480. The minimum atomic E-state index is -0.289. The van der Waals surface area contributed by atoms with Crippen LogP contribution in [-0.2, 0) is 0 Å². The molecule has 166 valence electrons. The molecule has 0 spiro atoms. The van der Waals surface area contributed by atoms with Gasteiger partial charge in [0.1, 0.15) is 11.5 Å². The van der Waals surface area contributed by atoms with E-state index in [4.69, 9.17) is 0 Å². The van der Waals surface area contributed by atoms with Crippen LogP contribution in [0.5, 0.6) is 0 Å². The molecule has 0 bridgehead atoms. The largest absolute Gasteiger partial charge is 0.337 e. The lowest BCUT2D eigenvalue weighted by Crippen LogP contribution is -2.36. The fourth-order valence-electron chi connectivity index (χ4n) is 4.10. The number of hydrogen-bond acceptors (Lipinski definition) is 4. The van der Waals surface area contributed by atoms with Crippen molar-refractivity contribution in [3.8, 4) is 0 Å². The number of aryl methyl sites for hydroxylation is 1. The number of rotatable bonds is 4. The maximum atomic E-state index is 12.8. The summed E-state index contributed by atoms with van der Waals surface area (Å²) in [6, 6.07) is 9.64. The van der Waals surface area contributed by atoms with Gasteiger partial charge in [0.2, 0.25) is 0 Å². The molecular formula is C25H32FN3O2. The third-order valence-corrected chi connectivity index (χ3v) is 6.06. The van der Waals surface area contributed by atoms with Crippen molar-refractivity contribution in [1.82, 2.24) is 14.8 Å². The van der Waals surface area contributed by atoms with Crippen LogP contribution < -0.4 is 0 Å². The summed E-state index contributed by atoms with van der Waals surface area (Å²) >= 11 is 0. The van der Waals surface area contributed by atoms with Gasteiger partial charge in [-0.25, -0.2) is 4.39 Å². The Morgan fingerprint density at radius 1 is 1.03 bits per heavy atom. The number of Topliss-reactive ketones (excluding diaryl/α,β-unsaturated/α-hetero) is 1. The summed E-state index contributed by atoms with van der Waals surface area (Å²) in [5.74, 6) is 0.0672. The molecule has 2 aromatic rings. The predicted molar refractivity (Wildman–Crippen MR) is 120 cm³/mol. The van der Waals surface area contributed by atoms with Gasteiger partial charge >= 0.3 is 0 Å². The second-order valence-corrected chi connectivity index (χ2v) is 8.30. The summed E-state index contributed by atoms with van der Waals surface area (Å²) < 4.78 is 12.8. The molecule has 2 fully saturated rings. The molecule has 2 saturated heterocycles. The molecular weight excluding hydrogens is 393 g/mol. The van der Waals surface area contributed by atoms with Crippen molar-refractivity contribution in [2.45, 2.75) is 39.5 Å². The zero-order valence-electron chi connectivity index (χ0n) is 18.5. The summed E-state index contributed by atoms with van der Waals surface area (Å²) in [6.07, 6.45) is 5.78. The van der Waals surface area contributed by atoms with E-state index in [1.54, 1.807) is 18.3 Å². The number of carbonyl (C=O) groups is 2. The molecule has 0 aliphatic carbocycles. The minimum Gasteiger partial charge on any atom is -0.337 e. The maximum Gasteiger partial charge on any atom is 0.272 e. The lowest BCUT2D eigenvalue weighted by atomic mass is 9.89. The first kappa shape index (κ1) is 23.1. The van der Waals surface area contributed by atoms with Crippen molar-refractivity contribution in [2.75, 3.05) is 32.7 Å². The summed E-state index contributed by atoms with van der Waals surface area (Å²) in [6.45, 7) is 8.92. The van der Waals surface area contributed by atoms with Crippen LogP contribution in [0.4, 0.5) is 4.39 Å². The Morgan fingerprint density at radius 3 is 2.26 bits per heavy atom. The molecule has 5 nitrogen and oxygen atoms in total. The van der Waals surface area contributed by atoms with Crippen molar-refractivity contribution < 1.29 is 14.0 Å². The molecule has 0 unspecified atom stereocenters. The lowest BCUT2D eigenvalue weighted by molar-refractivity contribution is 0.0786. The number of halogens is 1. The van der Waals surface area contributed by atoms with Gasteiger partial charge in [-0.2, -0.15) is 0 Å². The van der Waals surface area contributed by atoms with Gasteiger partial charge in [0, 0.05) is 30.8 Å². The smallest absolute Gasteiger partial charge is 0.272 e. The van der Waals surface area contributed by atoms with E-state index in [-0.39, 0.29) is 23.4 Å². The first-order valence-corrected chi connectivity index (χ1v) is 11.2. The molecule has 0 saturated carbocycles. The zero-order valence-corrected chi connectivity index (χ0v) is 18.5. The molecule has 3 heterocycles. The average molecular weight is 426 g/mol. The van der Waals surface area contributed by atoms with Crippen molar-refractivity contribution >= 4 is 11.7 Å². The Hall–Kier alpha value is -2.60. The van der Waals surface area contributed by atoms with Crippen LogP contribution in [0.25, 0.3) is 0 Å². The number of pyridine rings is 1. The molecule has 0 atom stereocenters. The highest BCUT2D eigenvalue weighted by atomic mass is 19.1. The monoisotopic (exact) mass is 425 g/mol.